The fourth-order valence-corrected chi connectivity index (χ4v) is 3.27. The van der Waals surface area contributed by atoms with Crippen molar-refractivity contribution in [3.8, 4) is 0 Å². The molecule has 2 aliphatic rings. The van der Waals surface area contributed by atoms with Gasteiger partial charge in [-0.3, -0.25) is 4.79 Å². The monoisotopic (exact) mass is 308 g/mol. The minimum atomic E-state index is -0.381. The molecule has 1 aromatic carbocycles. The van der Waals surface area contributed by atoms with Gasteiger partial charge in [-0.2, -0.15) is 0 Å². The first-order valence-electron chi connectivity index (χ1n) is 8.46. The van der Waals surface area contributed by atoms with Crippen LogP contribution < -0.4 is 0 Å². The number of hydrogen-bond donors (Lipinski definition) is 0. The minimum Gasteiger partial charge on any atom is -0.486 e. The predicted molar refractivity (Wildman–Crippen MR) is 93.4 cm³/mol. The molecule has 0 radical (unpaired) electrons. The van der Waals surface area contributed by atoms with Gasteiger partial charge in [-0.1, -0.05) is 61.4 Å². The van der Waals surface area contributed by atoms with Gasteiger partial charge >= 0.3 is 0 Å². The second kappa shape index (κ2) is 6.19. The zero-order valence-corrected chi connectivity index (χ0v) is 14.2. The lowest BCUT2D eigenvalue weighted by molar-refractivity contribution is 0.0672. The lowest BCUT2D eigenvalue weighted by Crippen LogP contribution is -2.28. The Morgan fingerprint density at radius 1 is 1.26 bits per heavy atom. The van der Waals surface area contributed by atoms with Crippen LogP contribution in [0.4, 0.5) is 0 Å². The fourth-order valence-electron chi connectivity index (χ4n) is 3.27. The molecule has 0 bridgehead atoms. The van der Waals surface area contributed by atoms with Crippen molar-refractivity contribution in [1.82, 2.24) is 0 Å². The highest BCUT2D eigenvalue weighted by Crippen LogP contribution is 2.45. The molecule has 0 N–H and O–H groups in total. The number of hydrogen-bond acceptors (Lipinski definition) is 2. The molecule has 1 heterocycles. The highest BCUT2D eigenvalue weighted by atomic mass is 16.5. The van der Waals surface area contributed by atoms with Crippen molar-refractivity contribution >= 4 is 5.78 Å². The molecule has 23 heavy (non-hydrogen) atoms. The Kier molecular flexibility index (Phi) is 4.25. The molecule has 3 rings (SSSR count). The molecule has 1 unspecified atom stereocenters. The van der Waals surface area contributed by atoms with Crippen LogP contribution >= 0.6 is 0 Å². The number of ether oxygens (including phenoxy) is 1. The van der Waals surface area contributed by atoms with E-state index in [1.807, 2.05) is 43.3 Å². The summed E-state index contributed by atoms with van der Waals surface area (Å²) >= 11 is 0. The van der Waals surface area contributed by atoms with Crippen LogP contribution in [0.25, 0.3) is 0 Å². The Bertz CT molecular complexity index is 704. The second-order valence-corrected chi connectivity index (χ2v) is 6.64. The molecule has 0 amide bonds. The number of carbonyl (C=O) groups excluding carboxylic acids is 1. The average Bonchev–Trinajstić information content (AvgIpc) is 2.85. The molecule has 0 saturated heterocycles. The summed E-state index contributed by atoms with van der Waals surface area (Å²) in [6.07, 6.45) is 9.97. The summed E-state index contributed by atoms with van der Waals surface area (Å²) in [5.41, 5.74) is 3.34. The van der Waals surface area contributed by atoms with Gasteiger partial charge in [0.1, 0.15) is 11.4 Å². The van der Waals surface area contributed by atoms with E-state index >= 15 is 0 Å². The summed E-state index contributed by atoms with van der Waals surface area (Å²) in [6, 6.07) is 7.81. The van der Waals surface area contributed by atoms with Gasteiger partial charge in [0.15, 0.2) is 5.78 Å². The summed E-state index contributed by atoms with van der Waals surface area (Å²) < 4.78 is 6.27. The third-order valence-corrected chi connectivity index (χ3v) is 4.67. The first kappa shape index (κ1) is 15.8. The van der Waals surface area contributed by atoms with Gasteiger partial charge in [0.05, 0.1) is 5.57 Å². The van der Waals surface area contributed by atoms with E-state index in [4.69, 9.17) is 4.74 Å². The predicted octanol–water partition coefficient (Wildman–Crippen LogP) is 5.30. The molecule has 2 heteroatoms. The van der Waals surface area contributed by atoms with Crippen LogP contribution in [0.2, 0.25) is 0 Å². The third kappa shape index (κ3) is 2.90. The van der Waals surface area contributed by atoms with Crippen LogP contribution in [0.15, 0.2) is 59.4 Å². The van der Waals surface area contributed by atoms with Gasteiger partial charge in [-0.05, 0) is 20.3 Å². The van der Waals surface area contributed by atoms with E-state index in [-0.39, 0.29) is 11.4 Å². The van der Waals surface area contributed by atoms with Crippen molar-refractivity contribution in [2.24, 2.45) is 0 Å². The summed E-state index contributed by atoms with van der Waals surface area (Å²) in [6.45, 7) is 6.28. The molecule has 1 aromatic rings. The Labute approximate surface area is 138 Å². The van der Waals surface area contributed by atoms with Crippen LogP contribution in [-0.4, -0.2) is 11.4 Å². The number of allylic oxidation sites excluding steroid dienone is 3. The van der Waals surface area contributed by atoms with Crippen molar-refractivity contribution in [1.29, 1.82) is 0 Å². The van der Waals surface area contributed by atoms with Crippen molar-refractivity contribution in [2.75, 3.05) is 0 Å². The SMILES string of the molecule is CCCCC1=C(C(=O)c2ccc(C)cc2)C2=CC=CCC2(C)O1. The Morgan fingerprint density at radius 3 is 2.70 bits per heavy atom. The number of rotatable bonds is 5. The fraction of sp³-hybridized carbons (Fsp3) is 0.381. The van der Waals surface area contributed by atoms with E-state index in [1.165, 1.54) is 0 Å². The number of fused-ring (bicyclic) bond motifs is 1. The molecule has 1 aliphatic carbocycles. The van der Waals surface area contributed by atoms with Gasteiger partial charge in [0.25, 0.3) is 0 Å². The van der Waals surface area contributed by atoms with Crippen LogP contribution in [0, 0.1) is 6.92 Å². The van der Waals surface area contributed by atoms with Gasteiger partial charge in [0.2, 0.25) is 0 Å². The first-order chi connectivity index (χ1) is 11.0. The van der Waals surface area contributed by atoms with E-state index in [0.717, 1.165) is 53.7 Å². The van der Waals surface area contributed by atoms with E-state index in [0.29, 0.717) is 0 Å². The zero-order chi connectivity index (χ0) is 16.4. The standard InChI is InChI=1S/C21H24O2/c1-4-5-9-18-19(17-8-6-7-14-21(17,3)23-18)20(22)16-12-10-15(2)11-13-16/h6-8,10-13H,4-5,9,14H2,1-3H3. The molecular formula is C21H24O2. The maximum Gasteiger partial charge on any atom is 0.196 e. The molecule has 2 nitrogen and oxygen atoms in total. The summed E-state index contributed by atoms with van der Waals surface area (Å²) in [5.74, 6) is 0.955. The largest absolute Gasteiger partial charge is 0.486 e. The molecule has 1 aliphatic heterocycles. The van der Waals surface area contributed by atoms with Crippen molar-refractivity contribution in [3.05, 3.63) is 70.5 Å². The zero-order valence-electron chi connectivity index (χ0n) is 14.2. The smallest absolute Gasteiger partial charge is 0.196 e. The van der Waals surface area contributed by atoms with Crippen molar-refractivity contribution < 1.29 is 9.53 Å². The summed E-state index contributed by atoms with van der Waals surface area (Å²) in [4.78, 5) is 13.1. The van der Waals surface area contributed by atoms with E-state index in [2.05, 4.69) is 19.9 Å². The van der Waals surface area contributed by atoms with Gasteiger partial charge in [-0.15, -0.1) is 0 Å². The Balaban J connectivity index is 2.02. The Hall–Kier alpha value is -2.09. The van der Waals surface area contributed by atoms with Crippen molar-refractivity contribution in [3.63, 3.8) is 0 Å². The quantitative estimate of drug-likeness (QED) is 0.690. The molecule has 1 atom stereocenters. The van der Waals surface area contributed by atoms with Crippen LogP contribution in [-0.2, 0) is 4.74 Å². The maximum atomic E-state index is 13.1. The molecule has 0 fully saturated rings. The minimum absolute atomic E-state index is 0.0846. The lowest BCUT2D eigenvalue weighted by Gasteiger charge is -2.28. The first-order valence-corrected chi connectivity index (χ1v) is 8.46. The Morgan fingerprint density at radius 2 is 2.00 bits per heavy atom. The highest BCUT2D eigenvalue weighted by molar-refractivity contribution is 6.12. The van der Waals surface area contributed by atoms with Crippen LogP contribution in [0.3, 0.4) is 0 Å². The normalized spacial score (nSPS) is 22.7. The average molecular weight is 308 g/mol. The topological polar surface area (TPSA) is 26.3 Å². The number of aryl methyl sites for hydroxylation is 1. The van der Waals surface area contributed by atoms with E-state index < -0.39 is 0 Å². The molecule has 120 valence electrons. The number of ketones is 1. The highest BCUT2D eigenvalue weighted by Gasteiger charge is 2.43. The number of unbranched alkanes of at least 4 members (excludes halogenated alkanes) is 1. The number of carbonyl (C=O) groups is 1. The second-order valence-electron chi connectivity index (χ2n) is 6.64. The van der Waals surface area contributed by atoms with E-state index in [9.17, 15) is 4.79 Å². The van der Waals surface area contributed by atoms with Gasteiger partial charge in [0, 0.05) is 24.0 Å². The lowest BCUT2D eigenvalue weighted by atomic mass is 9.82. The van der Waals surface area contributed by atoms with Crippen molar-refractivity contribution in [2.45, 2.75) is 52.1 Å². The van der Waals surface area contributed by atoms with Gasteiger partial charge in [-0.25, -0.2) is 0 Å². The molecule has 0 spiro atoms. The molecule has 0 saturated carbocycles. The summed E-state index contributed by atoms with van der Waals surface area (Å²) in [7, 11) is 0. The van der Waals surface area contributed by atoms with Crippen LogP contribution in [0.1, 0.15) is 55.5 Å². The van der Waals surface area contributed by atoms with Gasteiger partial charge < -0.3 is 4.74 Å². The molecular weight excluding hydrogens is 284 g/mol. The summed E-state index contributed by atoms with van der Waals surface area (Å²) in [5, 5.41) is 0. The van der Waals surface area contributed by atoms with E-state index in [1.54, 1.807) is 0 Å². The third-order valence-electron chi connectivity index (χ3n) is 4.67. The number of benzene rings is 1. The molecule has 0 aromatic heterocycles. The number of Topliss-reactive ketones (excluding diaryl/α,β-unsaturated/α-hetero) is 1. The van der Waals surface area contributed by atoms with Crippen LogP contribution in [0.5, 0.6) is 0 Å². The maximum absolute atomic E-state index is 13.1.